The summed E-state index contributed by atoms with van der Waals surface area (Å²) in [6.45, 7) is 2.15. The van der Waals surface area contributed by atoms with Gasteiger partial charge in [-0.2, -0.15) is 0 Å². The summed E-state index contributed by atoms with van der Waals surface area (Å²) in [4.78, 5) is 0. The Balaban J connectivity index is 1.82. The van der Waals surface area contributed by atoms with E-state index in [9.17, 15) is 0 Å². The minimum absolute atomic E-state index is 0.953. The molecule has 0 aromatic heterocycles. The maximum absolute atomic E-state index is 2.35. The first kappa shape index (κ1) is 16.4. The molecule has 4 aromatic carbocycles. The molecule has 0 fully saturated rings. The van der Waals surface area contributed by atoms with Crippen molar-refractivity contribution in [3.8, 4) is 22.3 Å². The van der Waals surface area contributed by atoms with E-state index in [1.807, 2.05) is 0 Å². The van der Waals surface area contributed by atoms with E-state index in [0.717, 1.165) is 6.42 Å². The molecule has 0 bridgehead atoms. The van der Waals surface area contributed by atoms with Gasteiger partial charge in [0.05, 0.1) is 0 Å². The Morgan fingerprint density at radius 2 is 1.19 bits per heavy atom. The Morgan fingerprint density at radius 3 is 1.92 bits per heavy atom. The summed E-state index contributed by atoms with van der Waals surface area (Å²) in [6, 6.07) is 37.0. The largest absolute Gasteiger partial charge is 0.0622 e. The lowest BCUT2D eigenvalue weighted by atomic mass is 9.91. The van der Waals surface area contributed by atoms with E-state index in [1.165, 1.54) is 38.9 Å². The number of aryl methyl sites for hydroxylation is 1. The lowest BCUT2D eigenvalue weighted by Gasteiger charge is -2.14. The Hall–Kier alpha value is -3.12. The minimum Gasteiger partial charge on any atom is -0.0622 e. The lowest BCUT2D eigenvalue weighted by molar-refractivity contribution is 1.19. The molecule has 0 heteroatoms. The van der Waals surface area contributed by atoms with E-state index in [1.54, 1.807) is 0 Å². The molecule has 0 N–H and O–H groups in total. The fraction of sp³-hybridized carbons (Fsp3) is 0.0769. The van der Waals surface area contributed by atoms with Crippen molar-refractivity contribution in [2.45, 2.75) is 13.3 Å². The second kappa shape index (κ2) is 7.41. The maximum atomic E-state index is 2.35. The smallest absolute Gasteiger partial charge is 0.00255 e. The van der Waals surface area contributed by atoms with Gasteiger partial charge in [-0.25, -0.2) is 0 Å². The SMILES string of the molecule is Cc1cccc(-c2cc(Cc3ccccc3)ccc2-c2ccccc2)c1. The summed E-state index contributed by atoms with van der Waals surface area (Å²) in [6.07, 6.45) is 0.953. The third-order valence-electron chi connectivity index (χ3n) is 4.75. The summed E-state index contributed by atoms with van der Waals surface area (Å²) in [5.74, 6) is 0. The van der Waals surface area contributed by atoms with Crippen LogP contribution in [0.2, 0.25) is 0 Å². The standard InChI is InChI=1S/C26H22/c1-20-9-8-14-24(17-20)26-19-22(18-21-10-4-2-5-11-21)15-16-25(26)23-12-6-3-7-13-23/h2-17,19H,18H2,1H3. The van der Waals surface area contributed by atoms with Gasteiger partial charge < -0.3 is 0 Å². The van der Waals surface area contributed by atoms with Gasteiger partial charge in [0.1, 0.15) is 0 Å². The van der Waals surface area contributed by atoms with E-state index >= 15 is 0 Å². The highest BCUT2D eigenvalue weighted by atomic mass is 14.1. The third kappa shape index (κ3) is 3.60. The predicted molar refractivity (Wildman–Crippen MR) is 111 cm³/mol. The molecule has 0 nitrogen and oxygen atoms in total. The van der Waals surface area contributed by atoms with Gasteiger partial charge in [0.2, 0.25) is 0 Å². The fourth-order valence-corrected chi connectivity index (χ4v) is 3.45. The van der Waals surface area contributed by atoms with Crippen LogP contribution >= 0.6 is 0 Å². The Morgan fingerprint density at radius 1 is 0.500 bits per heavy atom. The van der Waals surface area contributed by atoms with Gasteiger partial charge >= 0.3 is 0 Å². The van der Waals surface area contributed by atoms with Crippen LogP contribution in [0.5, 0.6) is 0 Å². The summed E-state index contributed by atoms with van der Waals surface area (Å²) >= 11 is 0. The zero-order valence-electron chi connectivity index (χ0n) is 15.0. The summed E-state index contributed by atoms with van der Waals surface area (Å²) in [5, 5.41) is 0. The highest BCUT2D eigenvalue weighted by Gasteiger charge is 2.09. The molecule has 0 radical (unpaired) electrons. The Labute approximate surface area is 155 Å². The van der Waals surface area contributed by atoms with Gasteiger partial charge in [0.15, 0.2) is 0 Å². The molecule has 126 valence electrons. The van der Waals surface area contributed by atoms with Crippen molar-refractivity contribution in [2.75, 3.05) is 0 Å². The minimum atomic E-state index is 0.953. The van der Waals surface area contributed by atoms with Crippen LogP contribution in [0, 0.1) is 6.92 Å². The van der Waals surface area contributed by atoms with Crippen LogP contribution in [0.1, 0.15) is 16.7 Å². The van der Waals surface area contributed by atoms with Crippen molar-refractivity contribution in [1.29, 1.82) is 0 Å². The predicted octanol–water partition coefficient (Wildman–Crippen LogP) is 6.92. The highest BCUT2D eigenvalue weighted by Crippen LogP contribution is 2.33. The van der Waals surface area contributed by atoms with E-state index in [0.29, 0.717) is 0 Å². The first-order chi connectivity index (χ1) is 12.8. The number of rotatable bonds is 4. The molecule has 26 heavy (non-hydrogen) atoms. The molecule has 0 saturated heterocycles. The first-order valence-electron chi connectivity index (χ1n) is 9.09. The summed E-state index contributed by atoms with van der Waals surface area (Å²) in [5.41, 5.74) is 9.09. The van der Waals surface area contributed by atoms with E-state index in [4.69, 9.17) is 0 Å². The molecule has 4 rings (SSSR count). The van der Waals surface area contributed by atoms with Gasteiger partial charge in [0, 0.05) is 0 Å². The van der Waals surface area contributed by atoms with E-state index < -0.39 is 0 Å². The molecule has 0 saturated carbocycles. The van der Waals surface area contributed by atoms with Crippen LogP contribution in [0.25, 0.3) is 22.3 Å². The van der Waals surface area contributed by atoms with Crippen LogP contribution in [-0.4, -0.2) is 0 Å². The average molecular weight is 334 g/mol. The van der Waals surface area contributed by atoms with Gasteiger partial charge in [-0.15, -0.1) is 0 Å². The van der Waals surface area contributed by atoms with Crippen molar-refractivity contribution in [2.24, 2.45) is 0 Å². The van der Waals surface area contributed by atoms with Crippen LogP contribution in [0.3, 0.4) is 0 Å². The van der Waals surface area contributed by atoms with E-state index in [2.05, 4.69) is 110 Å². The second-order valence-corrected chi connectivity index (χ2v) is 6.78. The van der Waals surface area contributed by atoms with Crippen molar-refractivity contribution in [1.82, 2.24) is 0 Å². The number of hydrogen-bond donors (Lipinski definition) is 0. The van der Waals surface area contributed by atoms with Crippen LogP contribution in [0.4, 0.5) is 0 Å². The molecule has 0 aliphatic heterocycles. The molecule has 4 aromatic rings. The van der Waals surface area contributed by atoms with Crippen LogP contribution < -0.4 is 0 Å². The van der Waals surface area contributed by atoms with Gasteiger partial charge in [-0.05, 0) is 46.7 Å². The van der Waals surface area contributed by atoms with Crippen LogP contribution in [0.15, 0.2) is 103 Å². The molecule has 0 aliphatic rings. The topological polar surface area (TPSA) is 0 Å². The molecule has 0 spiro atoms. The number of hydrogen-bond acceptors (Lipinski definition) is 0. The molecule has 0 aliphatic carbocycles. The maximum Gasteiger partial charge on any atom is -0.00255 e. The second-order valence-electron chi connectivity index (χ2n) is 6.78. The van der Waals surface area contributed by atoms with Crippen LogP contribution in [-0.2, 0) is 6.42 Å². The van der Waals surface area contributed by atoms with Gasteiger partial charge in [0.25, 0.3) is 0 Å². The first-order valence-corrected chi connectivity index (χ1v) is 9.09. The average Bonchev–Trinajstić information content (AvgIpc) is 2.69. The Kier molecular flexibility index (Phi) is 4.66. The van der Waals surface area contributed by atoms with E-state index in [-0.39, 0.29) is 0 Å². The van der Waals surface area contributed by atoms with Crippen molar-refractivity contribution >= 4 is 0 Å². The molecule has 0 amide bonds. The van der Waals surface area contributed by atoms with Crippen molar-refractivity contribution in [3.63, 3.8) is 0 Å². The molecular weight excluding hydrogens is 312 g/mol. The normalized spacial score (nSPS) is 10.7. The van der Waals surface area contributed by atoms with Gasteiger partial charge in [-0.1, -0.05) is 109 Å². The Bertz CT molecular complexity index is 998. The fourth-order valence-electron chi connectivity index (χ4n) is 3.45. The molecule has 0 atom stereocenters. The molecular formula is C26H22. The summed E-state index contributed by atoms with van der Waals surface area (Å²) < 4.78 is 0. The third-order valence-corrected chi connectivity index (χ3v) is 4.75. The summed E-state index contributed by atoms with van der Waals surface area (Å²) in [7, 11) is 0. The zero-order valence-corrected chi connectivity index (χ0v) is 15.0. The molecule has 0 heterocycles. The quantitative estimate of drug-likeness (QED) is 0.380. The van der Waals surface area contributed by atoms with Crippen molar-refractivity contribution in [3.05, 3.63) is 120 Å². The monoisotopic (exact) mass is 334 g/mol. The number of benzene rings is 4. The highest BCUT2D eigenvalue weighted by molar-refractivity contribution is 5.84. The van der Waals surface area contributed by atoms with Crippen molar-refractivity contribution < 1.29 is 0 Å². The lowest BCUT2D eigenvalue weighted by Crippen LogP contribution is -1.92. The van der Waals surface area contributed by atoms with Gasteiger partial charge in [-0.3, -0.25) is 0 Å². The molecule has 0 unspecified atom stereocenters. The zero-order chi connectivity index (χ0) is 17.8.